The molecule has 1 aromatic heterocycles. The van der Waals surface area contributed by atoms with Gasteiger partial charge in [-0.2, -0.15) is 18.3 Å². The fraction of sp³-hybridized carbons (Fsp3) is 0.304. The van der Waals surface area contributed by atoms with Gasteiger partial charge in [0, 0.05) is 30.7 Å². The van der Waals surface area contributed by atoms with Crippen LogP contribution in [0.5, 0.6) is 11.5 Å². The number of amidine groups is 1. The van der Waals surface area contributed by atoms with Crippen LogP contribution in [0.4, 0.5) is 19.0 Å². The summed E-state index contributed by atoms with van der Waals surface area (Å²) in [7, 11) is 4.52. The van der Waals surface area contributed by atoms with E-state index in [2.05, 4.69) is 15.4 Å². The van der Waals surface area contributed by atoms with Crippen LogP contribution in [0, 0.1) is 0 Å². The second-order valence-corrected chi connectivity index (χ2v) is 8.17. The third kappa shape index (κ3) is 4.37. The molecule has 3 aromatic rings. The summed E-state index contributed by atoms with van der Waals surface area (Å²) in [4.78, 5) is 3.91. The molecule has 0 saturated heterocycles. The fourth-order valence-electron chi connectivity index (χ4n) is 4.01. The molecule has 7 nitrogen and oxygen atoms in total. The second-order valence-electron chi connectivity index (χ2n) is 7.77. The van der Waals surface area contributed by atoms with Gasteiger partial charge in [0.1, 0.15) is 11.7 Å². The van der Waals surface area contributed by atoms with E-state index in [1.54, 1.807) is 49.5 Å². The van der Waals surface area contributed by atoms with Crippen LogP contribution in [0.2, 0.25) is 5.02 Å². The van der Waals surface area contributed by atoms with E-state index in [0.29, 0.717) is 38.9 Å². The minimum Gasteiger partial charge on any atom is -0.493 e. The number of halogens is 4. The van der Waals surface area contributed by atoms with Gasteiger partial charge in [0.25, 0.3) is 0 Å². The summed E-state index contributed by atoms with van der Waals surface area (Å²) >= 11 is 6.32. The van der Waals surface area contributed by atoms with Gasteiger partial charge in [-0.25, -0.2) is 4.68 Å². The van der Waals surface area contributed by atoms with Gasteiger partial charge in [-0.1, -0.05) is 23.7 Å². The largest absolute Gasteiger partial charge is 0.493 e. The number of hydrogen-bond acceptors (Lipinski definition) is 5. The SMILES string of the molecule is CN=C(N)c1ccc(-c2cc3n(n2)[C@@H](C(F)(F)F)C[C@@H](c2ccc(OC)c(OC)c2)N3)cc1Cl. The van der Waals surface area contributed by atoms with Crippen molar-refractivity contribution in [1.82, 2.24) is 9.78 Å². The number of methoxy groups -OCH3 is 2. The number of nitrogens with zero attached hydrogens (tertiary/aromatic N) is 3. The van der Waals surface area contributed by atoms with E-state index < -0.39 is 18.3 Å². The van der Waals surface area contributed by atoms with Crippen LogP contribution in [-0.4, -0.2) is 43.1 Å². The lowest BCUT2D eigenvalue weighted by Crippen LogP contribution is -2.35. The number of alkyl halides is 3. The number of anilines is 1. The lowest BCUT2D eigenvalue weighted by atomic mass is 9.96. The summed E-state index contributed by atoms with van der Waals surface area (Å²) in [6, 6.07) is 9.19. The number of fused-ring (bicyclic) bond motifs is 1. The zero-order chi connectivity index (χ0) is 24.6. The van der Waals surface area contributed by atoms with Gasteiger partial charge in [0.15, 0.2) is 17.5 Å². The maximum absolute atomic E-state index is 14.0. The summed E-state index contributed by atoms with van der Waals surface area (Å²) in [6.07, 6.45) is -4.74. The van der Waals surface area contributed by atoms with E-state index in [-0.39, 0.29) is 18.1 Å². The topological polar surface area (TPSA) is 86.7 Å². The van der Waals surface area contributed by atoms with E-state index in [4.69, 9.17) is 26.8 Å². The van der Waals surface area contributed by atoms with Crippen LogP contribution in [0.15, 0.2) is 47.5 Å². The first kappa shape index (κ1) is 23.7. The predicted molar refractivity (Wildman–Crippen MR) is 125 cm³/mol. The van der Waals surface area contributed by atoms with E-state index in [9.17, 15) is 13.2 Å². The Bertz CT molecular complexity index is 1240. The van der Waals surface area contributed by atoms with Crippen molar-refractivity contribution in [3.05, 3.63) is 58.6 Å². The molecule has 0 aliphatic carbocycles. The zero-order valence-corrected chi connectivity index (χ0v) is 19.4. The second kappa shape index (κ2) is 9.09. The van der Waals surface area contributed by atoms with Gasteiger partial charge in [0.2, 0.25) is 0 Å². The number of aromatic nitrogens is 2. The lowest BCUT2D eigenvalue weighted by molar-refractivity contribution is -0.173. The fourth-order valence-corrected chi connectivity index (χ4v) is 4.28. The number of ether oxygens (including phenoxy) is 2. The lowest BCUT2D eigenvalue weighted by Gasteiger charge is -2.33. The maximum atomic E-state index is 14.0. The van der Waals surface area contributed by atoms with Gasteiger partial charge >= 0.3 is 6.18 Å². The van der Waals surface area contributed by atoms with E-state index in [0.717, 1.165) is 4.68 Å². The molecule has 34 heavy (non-hydrogen) atoms. The number of aliphatic imine (C=N–C) groups is 1. The van der Waals surface area contributed by atoms with Crippen molar-refractivity contribution in [2.45, 2.75) is 24.7 Å². The van der Waals surface area contributed by atoms with Crippen LogP contribution >= 0.6 is 11.6 Å². The number of rotatable bonds is 5. The Morgan fingerprint density at radius 2 is 1.88 bits per heavy atom. The molecule has 3 N–H and O–H groups in total. The van der Waals surface area contributed by atoms with Crippen molar-refractivity contribution < 1.29 is 22.6 Å². The van der Waals surface area contributed by atoms with Crippen molar-refractivity contribution in [2.75, 3.05) is 26.6 Å². The summed E-state index contributed by atoms with van der Waals surface area (Å²) < 4.78 is 53.7. The number of hydrogen-bond donors (Lipinski definition) is 2. The first-order valence-electron chi connectivity index (χ1n) is 10.3. The highest BCUT2D eigenvalue weighted by Gasteiger charge is 2.46. The summed E-state index contributed by atoms with van der Waals surface area (Å²) in [5, 5.41) is 7.77. The molecule has 0 saturated carbocycles. The predicted octanol–water partition coefficient (Wildman–Crippen LogP) is 5.22. The Morgan fingerprint density at radius 1 is 1.15 bits per heavy atom. The Hall–Kier alpha value is -3.40. The number of nitrogens with one attached hydrogen (secondary N) is 1. The molecule has 0 unspecified atom stereocenters. The smallest absolute Gasteiger partial charge is 0.410 e. The molecule has 4 rings (SSSR count). The van der Waals surface area contributed by atoms with Crippen LogP contribution < -0.4 is 20.5 Å². The molecule has 0 bridgehead atoms. The van der Waals surface area contributed by atoms with E-state index in [1.165, 1.54) is 14.2 Å². The molecular formula is C23H23ClF3N5O2. The summed E-state index contributed by atoms with van der Waals surface area (Å²) in [6.45, 7) is 0. The molecule has 0 amide bonds. The van der Waals surface area contributed by atoms with Crippen LogP contribution in [0.1, 0.15) is 29.6 Å². The van der Waals surface area contributed by atoms with Crippen molar-refractivity contribution in [2.24, 2.45) is 10.7 Å². The standard InChI is InChI=1S/C23H23ClF3N5O2/c1-29-22(28)14-6-4-12(8-15(14)24)17-11-21-30-16(10-20(23(25,26)27)32(21)31-17)13-5-7-18(33-2)19(9-13)34-3/h4-9,11,16,20,30H,10H2,1-3H3,(H2,28,29)/t16-,20+/m0/s1. The highest BCUT2D eigenvalue weighted by atomic mass is 35.5. The van der Waals surface area contributed by atoms with Crippen LogP contribution in [0.25, 0.3) is 11.3 Å². The minimum absolute atomic E-state index is 0.240. The molecule has 180 valence electrons. The number of nitrogens with two attached hydrogens (primary N) is 1. The van der Waals surface area contributed by atoms with Crippen molar-refractivity contribution in [3.8, 4) is 22.8 Å². The Morgan fingerprint density at radius 3 is 2.50 bits per heavy atom. The molecule has 0 spiro atoms. The van der Waals surface area contributed by atoms with Crippen LogP contribution in [0.3, 0.4) is 0 Å². The van der Waals surface area contributed by atoms with Gasteiger partial charge in [-0.15, -0.1) is 0 Å². The average molecular weight is 494 g/mol. The summed E-state index contributed by atoms with van der Waals surface area (Å²) in [5.41, 5.74) is 7.92. The summed E-state index contributed by atoms with van der Waals surface area (Å²) in [5.74, 6) is 1.45. The van der Waals surface area contributed by atoms with Crippen LogP contribution in [-0.2, 0) is 0 Å². The van der Waals surface area contributed by atoms with Crippen molar-refractivity contribution >= 4 is 23.3 Å². The van der Waals surface area contributed by atoms with Gasteiger partial charge in [-0.3, -0.25) is 4.99 Å². The highest BCUT2D eigenvalue weighted by Crippen LogP contribution is 2.45. The monoisotopic (exact) mass is 493 g/mol. The Balaban J connectivity index is 1.73. The molecule has 1 aliphatic rings. The molecule has 2 aromatic carbocycles. The molecular weight excluding hydrogens is 471 g/mol. The number of benzene rings is 2. The first-order valence-corrected chi connectivity index (χ1v) is 10.7. The highest BCUT2D eigenvalue weighted by molar-refractivity contribution is 6.34. The Labute approximate surface area is 199 Å². The molecule has 0 fully saturated rings. The molecule has 1 aliphatic heterocycles. The first-order chi connectivity index (χ1) is 16.2. The molecule has 11 heteroatoms. The quantitative estimate of drug-likeness (QED) is 0.376. The molecule has 0 radical (unpaired) electrons. The van der Waals surface area contributed by atoms with Gasteiger partial charge in [0.05, 0.1) is 31.0 Å². The van der Waals surface area contributed by atoms with Crippen molar-refractivity contribution in [3.63, 3.8) is 0 Å². The maximum Gasteiger partial charge on any atom is 0.410 e. The minimum atomic E-state index is -4.50. The normalized spacial score (nSPS) is 18.3. The zero-order valence-electron chi connectivity index (χ0n) is 18.7. The van der Waals surface area contributed by atoms with Gasteiger partial charge in [-0.05, 0) is 29.8 Å². The Kier molecular flexibility index (Phi) is 6.35. The molecule has 2 heterocycles. The molecule has 2 atom stereocenters. The average Bonchev–Trinajstić information content (AvgIpc) is 3.25. The third-order valence-electron chi connectivity index (χ3n) is 5.78. The van der Waals surface area contributed by atoms with E-state index in [1.807, 2.05) is 0 Å². The van der Waals surface area contributed by atoms with Crippen molar-refractivity contribution in [1.29, 1.82) is 0 Å². The van der Waals surface area contributed by atoms with Gasteiger partial charge < -0.3 is 20.5 Å². The van der Waals surface area contributed by atoms with E-state index >= 15 is 0 Å². The third-order valence-corrected chi connectivity index (χ3v) is 6.09.